The second-order valence-electron chi connectivity index (χ2n) is 7.10. The van der Waals surface area contributed by atoms with Crippen molar-refractivity contribution in [1.82, 2.24) is 5.06 Å². The number of hydrogen-bond donors (Lipinski definition) is 0. The Morgan fingerprint density at radius 2 is 1.89 bits per heavy atom. The molecule has 0 aromatic carbocycles. The van der Waals surface area contributed by atoms with Crippen molar-refractivity contribution >= 4 is 0 Å². The molecule has 0 spiro atoms. The molecule has 1 heterocycles. The summed E-state index contributed by atoms with van der Waals surface area (Å²) in [5.41, 5.74) is 0. The number of hydroxylamine groups is 2. The van der Waals surface area contributed by atoms with Crippen LogP contribution in [0.15, 0.2) is 12.2 Å². The molecular formula is C17H27NO. The first-order chi connectivity index (χ1) is 9.38. The van der Waals surface area contributed by atoms with E-state index in [0.29, 0.717) is 12.1 Å². The molecule has 2 saturated carbocycles. The monoisotopic (exact) mass is 261 g/mol. The van der Waals surface area contributed by atoms with Crippen LogP contribution < -0.4 is 0 Å². The van der Waals surface area contributed by atoms with E-state index in [4.69, 9.17) is 4.84 Å². The molecule has 0 amide bonds. The standard InChI is InChI=1S/C17H27NO/c1-2-6-15-16-12-9-10-13(11-12)17(16)19-18(15)14-7-4-3-5-8-14/h9-10,12-17H,2-8,11H2,1H3/t12-,13-,15+,16+,17-/m0/s1. The second-order valence-corrected chi connectivity index (χ2v) is 7.10. The van der Waals surface area contributed by atoms with Gasteiger partial charge in [-0.3, -0.25) is 4.84 Å². The molecule has 0 unspecified atom stereocenters. The summed E-state index contributed by atoms with van der Waals surface area (Å²) in [4.78, 5) is 6.51. The molecule has 0 N–H and O–H groups in total. The lowest BCUT2D eigenvalue weighted by atomic mass is 9.83. The van der Waals surface area contributed by atoms with E-state index in [0.717, 1.165) is 23.8 Å². The van der Waals surface area contributed by atoms with Crippen molar-refractivity contribution in [2.45, 2.75) is 76.5 Å². The molecule has 19 heavy (non-hydrogen) atoms. The number of nitrogens with zero attached hydrogens (tertiary/aromatic N) is 1. The van der Waals surface area contributed by atoms with Gasteiger partial charge in [-0.05, 0) is 31.6 Å². The normalized spacial score (nSPS) is 46.1. The lowest BCUT2D eigenvalue weighted by Gasteiger charge is -2.35. The SMILES string of the molecule is CCC[C@@H]1[C@@H]2[C@@H](ON1C1CCCCC1)[C@H]1C=C[C@H]2C1. The third-order valence-electron chi connectivity index (χ3n) is 5.98. The van der Waals surface area contributed by atoms with Crippen molar-refractivity contribution in [3.8, 4) is 0 Å². The molecule has 3 fully saturated rings. The largest absolute Gasteiger partial charge is 0.294 e. The number of hydrogen-bond acceptors (Lipinski definition) is 2. The van der Waals surface area contributed by atoms with Gasteiger partial charge in [0.05, 0.1) is 6.10 Å². The minimum absolute atomic E-state index is 0.522. The molecule has 0 radical (unpaired) electrons. The molecule has 0 aromatic rings. The molecule has 2 nitrogen and oxygen atoms in total. The highest BCUT2D eigenvalue weighted by Gasteiger charge is 2.56. The highest BCUT2D eigenvalue weighted by molar-refractivity contribution is 5.18. The summed E-state index contributed by atoms with van der Waals surface area (Å²) in [5.74, 6) is 2.35. The van der Waals surface area contributed by atoms with E-state index in [9.17, 15) is 0 Å². The fraction of sp³-hybridized carbons (Fsp3) is 0.882. The third kappa shape index (κ3) is 1.91. The Morgan fingerprint density at radius 1 is 1.11 bits per heavy atom. The first-order valence-electron chi connectivity index (χ1n) is 8.52. The van der Waals surface area contributed by atoms with Crippen LogP contribution >= 0.6 is 0 Å². The van der Waals surface area contributed by atoms with Gasteiger partial charge in [-0.25, -0.2) is 0 Å². The van der Waals surface area contributed by atoms with Crippen LogP contribution in [-0.2, 0) is 4.84 Å². The van der Waals surface area contributed by atoms with E-state index in [1.54, 1.807) is 0 Å². The third-order valence-corrected chi connectivity index (χ3v) is 5.98. The van der Waals surface area contributed by atoms with Gasteiger partial charge in [-0.2, -0.15) is 5.06 Å². The van der Waals surface area contributed by atoms with Crippen LogP contribution in [0.4, 0.5) is 0 Å². The van der Waals surface area contributed by atoms with Crippen LogP contribution in [0.3, 0.4) is 0 Å². The Hall–Kier alpha value is -0.340. The van der Waals surface area contributed by atoms with Crippen molar-refractivity contribution < 1.29 is 4.84 Å². The fourth-order valence-electron chi connectivity index (χ4n) is 5.16. The van der Waals surface area contributed by atoms with E-state index < -0.39 is 0 Å². The first kappa shape index (κ1) is 12.4. The van der Waals surface area contributed by atoms with Crippen LogP contribution in [0.5, 0.6) is 0 Å². The Bertz CT molecular complexity index is 360. The summed E-state index contributed by atoms with van der Waals surface area (Å²) < 4.78 is 0. The number of rotatable bonds is 3. The quantitative estimate of drug-likeness (QED) is 0.714. The van der Waals surface area contributed by atoms with Crippen LogP contribution in [0.1, 0.15) is 58.3 Å². The van der Waals surface area contributed by atoms with Gasteiger partial charge in [0, 0.05) is 23.9 Å². The van der Waals surface area contributed by atoms with Crippen LogP contribution in [0, 0.1) is 17.8 Å². The maximum Gasteiger partial charge on any atom is 0.0905 e. The van der Waals surface area contributed by atoms with Crippen molar-refractivity contribution in [3.63, 3.8) is 0 Å². The Labute approximate surface area is 117 Å². The lowest BCUT2D eigenvalue weighted by Crippen LogP contribution is -2.42. The minimum Gasteiger partial charge on any atom is -0.294 e. The van der Waals surface area contributed by atoms with Crippen LogP contribution in [0.25, 0.3) is 0 Å². The van der Waals surface area contributed by atoms with E-state index in [2.05, 4.69) is 24.1 Å². The molecular weight excluding hydrogens is 234 g/mol. The average molecular weight is 261 g/mol. The molecule has 0 aromatic heterocycles. The zero-order valence-corrected chi connectivity index (χ0v) is 12.1. The number of allylic oxidation sites excluding steroid dienone is 1. The summed E-state index contributed by atoms with van der Waals surface area (Å²) in [5, 5.41) is 2.49. The summed E-state index contributed by atoms with van der Waals surface area (Å²) >= 11 is 0. The average Bonchev–Trinajstić information content (AvgIpc) is 3.12. The van der Waals surface area contributed by atoms with Gasteiger partial charge in [0.1, 0.15) is 0 Å². The van der Waals surface area contributed by atoms with E-state index in [1.165, 1.54) is 51.4 Å². The van der Waals surface area contributed by atoms with Gasteiger partial charge >= 0.3 is 0 Å². The molecule has 2 bridgehead atoms. The highest BCUT2D eigenvalue weighted by Crippen LogP contribution is 2.53. The van der Waals surface area contributed by atoms with E-state index in [-0.39, 0.29) is 0 Å². The molecule has 1 aliphatic heterocycles. The zero-order chi connectivity index (χ0) is 12.8. The maximum atomic E-state index is 6.51. The van der Waals surface area contributed by atoms with Crippen molar-refractivity contribution in [1.29, 1.82) is 0 Å². The molecule has 4 aliphatic rings. The van der Waals surface area contributed by atoms with E-state index >= 15 is 0 Å². The summed E-state index contributed by atoms with van der Waals surface area (Å²) in [6, 6.07) is 1.42. The molecule has 4 rings (SSSR count). The molecule has 1 saturated heterocycles. The van der Waals surface area contributed by atoms with Crippen molar-refractivity contribution in [3.05, 3.63) is 12.2 Å². The number of fused-ring (bicyclic) bond motifs is 5. The van der Waals surface area contributed by atoms with Gasteiger partial charge in [-0.15, -0.1) is 0 Å². The van der Waals surface area contributed by atoms with Gasteiger partial charge in [0.2, 0.25) is 0 Å². The smallest absolute Gasteiger partial charge is 0.0905 e. The topological polar surface area (TPSA) is 12.5 Å². The summed E-state index contributed by atoms with van der Waals surface area (Å²) in [6.45, 7) is 2.33. The van der Waals surface area contributed by atoms with Gasteiger partial charge in [-0.1, -0.05) is 44.8 Å². The Kier molecular flexibility index (Phi) is 3.19. The first-order valence-corrected chi connectivity index (χ1v) is 8.52. The molecule has 3 aliphatic carbocycles. The molecule has 106 valence electrons. The molecule has 2 heteroatoms. The Morgan fingerprint density at radius 3 is 2.68 bits per heavy atom. The Balaban J connectivity index is 1.55. The zero-order valence-electron chi connectivity index (χ0n) is 12.1. The van der Waals surface area contributed by atoms with Gasteiger partial charge < -0.3 is 0 Å². The molecule has 5 atom stereocenters. The maximum absolute atomic E-state index is 6.51. The van der Waals surface area contributed by atoms with Gasteiger partial charge in [0.15, 0.2) is 0 Å². The second kappa shape index (κ2) is 4.89. The highest BCUT2D eigenvalue weighted by atomic mass is 16.7. The van der Waals surface area contributed by atoms with Crippen LogP contribution in [-0.4, -0.2) is 23.3 Å². The predicted octanol–water partition coefficient (Wildman–Crippen LogP) is 3.93. The fourth-order valence-corrected chi connectivity index (χ4v) is 5.16. The van der Waals surface area contributed by atoms with Crippen molar-refractivity contribution in [2.24, 2.45) is 17.8 Å². The van der Waals surface area contributed by atoms with E-state index in [1.807, 2.05) is 0 Å². The minimum atomic E-state index is 0.522. The lowest BCUT2D eigenvalue weighted by molar-refractivity contribution is -0.201. The van der Waals surface area contributed by atoms with Crippen molar-refractivity contribution in [2.75, 3.05) is 0 Å². The van der Waals surface area contributed by atoms with Crippen LogP contribution in [0.2, 0.25) is 0 Å². The summed E-state index contributed by atoms with van der Waals surface area (Å²) in [6.07, 6.45) is 16.4. The van der Waals surface area contributed by atoms with Gasteiger partial charge in [0.25, 0.3) is 0 Å². The summed E-state index contributed by atoms with van der Waals surface area (Å²) in [7, 11) is 0. The predicted molar refractivity (Wildman–Crippen MR) is 76.5 cm³/mol.